The van der Waals surface area contributed by atoms with E-state index in [1.165, 1.54) is 5.56 Å². The van der Waals surface area contributed by atoms with Crippen LogP contribution in [0.1, 0.15) is 16.3 Å². The third-order valence-electron chi connectivity index (χ3n) is 3.77. The summed E-state index contributed by atoms with van der Waals surface area (Å²) in [6.45, 7) is 3.45. The molecule has 0 atom stereocenters. The number of thiazole rings is 1. The van der Waals surface area contributed by atoms with Crippen molar-refractivity contribution in [1.29, 1.82) is 0 Å². The molecule has 0 radical (unpaired) electrons. The first-order chi connectivity index (χ1) is 12.2. The van der Waals surface area contributed by atoms with Gasteiger partial charge in [0.1, 0.15) is 0 Å². The van der Waals surface area contributed by atoms with Gasteiger partial charge in [0.2, 0.25) is 0 Å². The second kappa shape index (κ2) is 9.67. The lowest BCUT2D eigenvalue weighted by Crippen LogP contribution is -2.38. The number of aromatic nitrogens is 3. The minimum absolute atomic E-state index is 0. The molecule has 6 nitrogen and oxygen atoms in total. The summed E-state index contributed by atoms with van der Waals surface area (Å²) in [7, 11) is 3.81. The maximum absolute atomic E-state index is 4.51. The molecule has 0 aliphatic rings. The number of halogens is 1. The maximum atomic E-state index is 4.51. The van der Waals surface area contributed by atoms with Crippen LogP contribution in [0.15, 0.2) is 53.1 Å². The highest BCUT2D eigenvalue weighted by atomic mass is 127. The quantitative estimate of drug-likeness (QED) is 0.344. The number of aliphatic imine (C=N–C) groups is 1. The zero-order valence-electron chi connectivity index (χ0n) is 15.1. The predicted molar refractivity (Wildman–Crippen MR) is 117 cm³/mol. The summed E-state index contributed by atoms with van der Waals surface area (Å²) in [4.78, 5) is 11.0. The fraction of sp³-hybridized carbons (Fsp3) is 0.278. The number of rotatable bonds is 5. The Labute approximate surface area is 175 Å². The van der Waals surface area contributed by atoms with Crippen LogP contribution in [-0.4, -0.2) is 39.7 Å². The molecule has 0 amide bonds. The van der Waals surface area contributed by atoms with Crippen LogP contribution in [0.3, 0.4) is 0 Å². The fourth-order valence-corrected chi connectivity index (χ4v) is 3.20. The molecule has 2 aromatic heterocycles. The monoisotopic (exact) mass is 482 g/mol. The second-order valence-electron chi connectivity index (χ2n) is 5.74. The number of hydrogen-bond acceptors (Lipinski definition) is 4. The van der Waals surface area contributed by atoms with Crippen LogP contribution in [0.4, 0.5) is 0 Å². The van der Waals surface area contributed by atoms with E-state index >= 15 is 0 Å². The number of hydrogen-bond donors (Lipinski definition) is 1. The highest BCUT2D eigenvalue weighted by Crippen LogP contribution is 2.11. The molecule has 8 heteroatoms. The summed E-state index contributed by atoms with van der Waals surface area (Å²) in [5, 5.41) is 10.9. The van der Waals surface area contributed by atoms with Gasteiger partial charge in [0, 0.05) is 38.4 Å². The molecule has 0 unspecified atom stereocenters. The lowest BCUT2D eigenvalue weighted by Gasteiger charge is -2.21. The average Bonchev–Trinajstić information content (AvgIpc) is 3.28. The summed E-state index contributed by atoms with van der Waals surface area (Å²) < 4.78 is 1.86. The highest BCUT2D eigenvalue weighted by molar-refractivity contribution is 14.0. The zero-order valence-corrected chi connectivity index (χ0v) is 18.2. The van der Waals surface area contributed by atoms with Crippen LogP contribution in [-0.2, 0) is 13.1 Å². The molecule has 138 valence electrons. The van der Waals surface area contributed by atoms with Crippen LogP contribution in [0, 0.1) is 6.92 Å². The topological polar surface area (TPSA) is 58.3 Å². The van der Waals surface area contributed by atoms with Gasteiger partial charge < -0.3 is 10.2 Å². The Morgan fingerprint density at radius 2 is 2.19 bits per heavy atom. The lowest BCUT2D eigenvalue weighted by atomic mass is 10.2. The highest BCUT2D eigenvalue weighted by Gasteiger charge is 2.09. The van der Waals surface area contributed by atoms with Gasteiger partial charge in [-0.1, -0.05) is 12.1 Å². The third-order valence-corrected chi connectivity index (χ3v) is 4.59. The minimum Gasteiger partial charge on any atom is -0.352 e. The van der Waals surface area contributed by atoms with E-state index in [1.807, 2.05) is 43.0 Å². The Bertz CT molecular complexity index is 843. The van der Waals surface area contributed by atoms with Crippen LogP contribution >= 0.6 is 35.3 Å². The molecule has 0 spiro atoms. The van der Waals surface area contributed by atoms with Gasteiger partial charge in [0.05, 0.1) is 22.9 Å². The van der Waals surface area contributed by atoms with Crippen molar-refractivity contribution < 1.29 is 0 Å². The van der Waals surface area contributed by atoms with Crippen molar-refractivity contribution in [3.8, 4) is 5.69 Å². The van der Waals surface area contributed by atoms with Gasteiger partial charge in [-0.3, -0.25) is 4.99 Å². The standard InChI is InChI=1S/C18H22N6S.HI/c1-14-22-16(13-25-14)12-23(3)18(19-2)20-11-15-6-4-7-17(10-15)24-9-5-8-21-24;/h4-10,13H,11-12H2,1-3H3,(H,19,20);1H. The first-order valence-corrected chi connectivity index (χ1v) is 8.95. The van der Waals surface area contributed by atoms with E-state index in [1.54, 1.807) is 24.6 Å². The van der Waals surface area contributed by atoms with Crippen molar-refractivity contribution >= 4 is 41.3 Å². The van der Waals surface area contributed by atoms with Gasteiger partial charge in [-0.05, 0) is 30.7 Å². The Kier molecular flexibility index (Phi) is 7.58. The predicted octanol–water partition coefficient (Wildman–Crippen LogP) is 3.46. The molecule has 26 heavy (non-hydrogen) atoms. The van der Waals surface area contributed by atoms with Crippen molar-refractivity contribution in [3.63, 3.8) is 0 Å². The summed E-state index contributed by atoms with van der Waals surface area (Å²) >= 11 is 1.67. The molecule has 3 rings (SSSR count). The molecule has 1 N–H and O–H groups in total. The van der Waals surface area contributed by atoms with Gasteiger partial charge in [-0.2, -0.15) is 5.10 Å². The molecule has 0 aliphatic carbocycles. The summed E-state index contributed by atoms with van der Waals surface area (Å²) in [6.07, 6.45) is 3.72. The van der Waals surface area contributed by atoms with Crippen molar-refractivity contribution in [2.45, 2.75) is 20.0 Å². The Hall–Kier alpha value is -1.94. The van der Waals surface area contributed by atoms with Crippen molar-refractivity contribution in [1.82, 2.24) is 25.0 Å². The molecule has 0 bridgehead atoms. The molecule has 1 aromatic carbocycles. The second-order valence-corrected chi connectivity index (χ2v) is 6.80. The van der Waals surface area contributed by atoms with E-state index in [9.17, 15) is 0 Å². The fourth-order valence-electron chi connectivity index (χ4n) is 2.60. The molecule has 0 aliphatic heterocycles. The van der Waals surface area contributed by atoms with Crippen LogP contribution in [0.25, 0.3) is 5.69 Å². The molecular formula is C18H23IN6S. The smallest absolute Gasteiger partial charge is 0.194 e. The summed E-state index contributed by atoms with van der Waals surface area (Å²) in [5.74, 6) is 0.843. The normalized spacial score (nSPS) is 11.1. The largest absolute Gasteiger partial charge is 0.352 e. The van der Waals surface area contributed by atoms with Crippen molar-refractivity contribution in [3.05, 3.63) is 64.4 Å². The van der Waals surface area contributed by atoms with E-state index in [0.717, 1.165) is 28.9 Å². The van der Waals surface area contributed by atoms with Crippen LogP contribution in [0.2, 0.25) is 0 Å². The van der Waals surface area contributed by atoms with Gasteiger partial charge in [-0.25, -0.2) is 9.67 Å². The van der Waals surface area contributed by atoms with E-state index in [2.05, 4.69) is 42.8 Å². The number of nitrogens with one attached hydrogen (secondary N) is 1. The van der Waals surface area contributed by atoms with Gasteiger partial charge >= 0.3 is 0 Å². The number of aryl methyl sites for hydroxylation is 1. The molecule has 0 saturated heterocycles. The average molecular weight is 482 g/mol. The third kappa shape index (κ3) is 5.28. The first kappa shape index (κ1) is 20.4. The number of nitrogens with zero attached hydrogens (tertiary/aromatic N) is 5. The van der Waals surface area contributed by atoms with Gasteiger partial charge in [0.25, 0.3) is 0 Å². The molecule has 2 heterocycles. The Morgan fingerprint density at radius 1 is 1.35 bits per heavy atom. The van der Waals surface area contributed by atoms with E-state index in [0.29, 0.717) is 6.54 Å². The Morgan fingerprint density at radius 3 is 2.85 bits per heavy atom. The molecule has 3 aromatic rings. The summed E-state index contributed by atoms with van der Waals surface area (Å²) in [5.41, 5.74) is 3.28. The SMILES string of the molecule is CN=C(NCc1cccc(-n2cccn2)c1)N(C)Cc1csc(C)n1.I. The van der Waals surface area contributed by atoms with E-state index in [-0.39, 0.29) is 24.0 Å². The van der Waals surface area contributed by atoms with E-state index in [4.69, 9.17) is 0 Å². The van der Waals surface area contributed by atoms with Gasteiger partial charge in [-0.15, -0.1) is 35.3 Å². The van der Waals surface area contributed by atoms with Gasteiger partial charge in [0.15, 0.2) is 5.96 Å². The van der Waals surface area contributed by atoms with Crippen LogP contribution in [0.5, 0.6) is 0 Å². The number of benzene rings is 1. The van der Waals surface area contributed by atoms with E-state index < -0.39 is 0 Å². The van der Waals surface area contributed by atoms with Crippen LogP contribution < -0.4 is 5.32 Å². The van der Waals surface area contributed by atoms with Crippen molar-refractivity contribution in [2.75, 3.05) is 14.1 Å². The molecular weight excluding hydrogens is 459 g/mol. The first-order valence-electron chi connectivity index (χ1n) is 8.07. The lowest BCUT2D eigenvalue weighted by molar-refractivity contribution is 0.470. The maximum Gasteiger partial charge on any atom is 0.194 e. The molecule has 0 saturated carbocycles. The Balaban J connectivity index is 0.00000243. The zero-order chi connectivity index (χ0) is 17.6. The molecule has 0 fully saturated rings. The summed E-state index contributed by atoms with van der Waals surface area (Å²) in [6, 6.07) is 10.2. The minimum atomic E-state index is 0. The van der Waals surface area contributed by atoms with Crippen molar-refractivity contribution in [2.24, 2.45) is 4.99 Å². The number of guanidine groups is 1.